The highest BCUT2D eigenvalue weighted by atomic mass is 35.5. The smallest absolute Gasteiger partial charge is 0.411 e. The first-order valence-electron chi connectivity index (χ1n) is 7.05. The van der Waals surface area contributed by atoms with Crippen molar-refractivity contribution in [3.05, 3.63) is 53.1 Å². The summed E-state index contributed by atoms with van der Waals surface area (Å²) < 4.78 is 10.6. The van der Waals surface area contributed by atoms with Crippen molar-refractivity contribution in [3.8, 4) is 5.75 Å². The molecule has 0 radical (unpaired) electrons. The minimum atomic E-state index is -0.501. The number of halogens is 1. The van der Waals surface area contributed by atoms with Crippen molar-refractivity contribution in [2.24, 2.45) is 0 Å². The molecule has 0 bridgehead atoms. The van der Waals surface area contributed by atoms with E-state index in [4.69, 9.17) is 21.1 Å². The summed E-state index contributed by atoms with van der Waals surface area (Å²) in [4.78, 5) is 12.8. The fraction of sp³-hybridized carbons (Fsp3) is 0.235. The molecule has 122 valence electrons. The second kappa shape index (κ2) is 8.70. The highest BCUT2D eigenvalue weighted by Gasteiger charge is 2.04. The molecule has 1 N–H and O–H groups in total. The Morgan fingerprint density at radius 3 is 2.78 bits per heavy atom. The SMILES string of the molecule is CSc1cccc(NC(=O)OCCOc2ccc(Cl)c(C)c2)c1. The average Bonchev–Trinajstić information content (AvgIpc) is 2.55. The molecule has 2 aromatic carbocycles. The molecule has 0 aliphatic carbocycles. The Balaban J connectivity index is 1.73. The van der Waals surface area contributed by atoms with E-state index in [0.29, 0.717) is 16.5 Å². The monoisotopic (exact) mass is 351 g/mol. The van der Waals surface area contributed by atoms with Gasteiger partial charge in [-0.3, -0.25) is 5.32 Å². The fourth-order valence-corrected chi connectivity index (χ4v) is 2.43. The van der Waals surface area contributed by atoms with Gasteiger partial charge >= 0.3 is 6.09 Å². The summed E-state index contributed by atoms with van der Waals surface area (Å²) in [5.74, 6) is 0.698. The number of nitrogens with one attached hydrogen (secondary N) is 1. The molecule has 2 aromatic rings. The second-order valence-electron chi connectivity index (χ2n) is 4.75. The van der Waals surface area contributed by atoms with Crippen molar-refractivity contribution in [1.82, 2.24) is 0 Å². The van der Waals surface area contributed by atoms with Crippen LogP contribution in [0.15, 0.2) is 47.4 Å². The Kier molecular flexibility index (Phi) is 6.62. The van der Waals surface area contributed by atoms with Crippen LogP contribution in [0.4, 0.5) is 10.5 Å². The van der Waals surface area contributed by atoms with E-state index in [1.165, 1.54) is 0 Å². The van der Waals surface area contributed by atoms with Gasteiger partial charge in [-0.2, -0.15) is 0 Å². The topological polar surface area (TPSA) is 47.6 Å². The molecule has 0 spiro atoms. The number of aryl methyl sites for hydroxylation is 1. The summed E-state index contributed by atoms with van der Waals surface area (Å²) in [7, 11) is 0. The number of hydrogen-bond donors (Lipinski definition) is 1. The molecule has 1 amide bonds. The third-order valence-electron chi connectivity index (χ3n) is 3.03. The Hall–Kier alpha value is -1.85. The quantitative estimate of drug-likeness (QED) is 0.587. The van der Waals surface area contributed by atoms with Gasteiger partial charge in [0, 0.05) is 15.6 Å². The number of carbonyl (C=O) groups is 1. The lowest BCUT2D eigenvalue weighted by atomic mass is 10.2. The minimum Gasteiger partial charge on any atom is -0.490 e. The van der Waals surface area contributed by atoms with Crippen LogP contribution < -0.4 is 10.1 Å². The normalized spacial score (nSPS) is 10.2. The van der Waals surface area contributed by atoms with Gasteiger partial charge in [0.15, 0.2) is 0 Å². The predicted molar refractivity (Wildman–Crippen MR) is 94.9 cm³/mol. The largest absolute Gasteiger partial charge is 0.490 e. The summed E-state index contributed by atoms with van der Waals surface area (Å²) in [6.07, 6.45) is 1.48. The van der Waals surface area contributed by atoms with E-state index in [1.807, 2.05) is 43.5 Å². The predicted octanol–water partition coefficient (Wildman–Crippen LogP) is 5.00. The van der Waals surface area contributed by atoms with Gasteiger partial charge in [-0.25, -0.2) is 4.79 Å². The Labute approximate surface area is 145 Å². The van der Waals surface area contributed by atoms with E-state index in [-0.39, 0.29) is 13.2 Å². The van der Waals surface area contributed by atoms with Crippen LogP contribution in [0.5, 0.6) is 5.75 Å². The standard InChI is InChI=1S/C17H18ClNO3S/c1-12-10-14(6-7-16(12)18)21-8-9-22-17(20)19-13-4-3-5-15(11-13)23-2/h3-7,10-11H,8-9H2,1-2H3,(H,19,20). The fourth-order valence-electron chi connectivity index (χ4n) is 1.86. The summed E-state index contributed by atoms with van der Waals surface area (Å²) >= 11 is 7.56. The van der Waals surface area contributed by atoms with Crippen LogP contribution in [-0.2, 0) is 4.74 Å². The number of carbonyl (C=O) groups excluding carboxylic acids is 1. The van der Waals surface area contributed by atoms with Crippen LogP contribution in [0.1, 0.15) is 5.56 Å². The maximum Gasteiger partial charge on any atom is 0.411 e. The van der Waals surface area contributed by atoms with Crippen molar-refractivity contribution in [1.29, 1.82) is 0 Å². The lowest BCUT2D eigenvalue weighted by molar-refractivity contribution is 0.138. The van der Waals surface area contributed by atoms with Gasteiger partial charge in [-0.1, -0.05) is 17.7 Å². The zero-order valence-corrected chi connectivity index (χ0v) is 14.5. The number of rotatable bonds is 6. The summed E-state index contributed by atoms with van der Waals surface area (Å²) in [6.45, 7) is 2.34. The zero-order chi connectivity index (χ0) is 16.7. The Bertz CT molecular complexity index is 679. The molecular formula is C17H18ClNO3S. The molecule has 23 heavy (non-hydrogen) atoms. The van der Waals surface area contributed by atoms with Crippen LogP contribution in [0.2, 0.25) is 5.02 Å². The molecule has 0 unspecified atom stereocenters. The van der Waals surface area contributed by atoms with E-state index in [1.54, 1.807) is 23.9 Å². The van der Waals surface area contributed by atoms with Crippen molar-refractivity contribution >= 4 is 35.1 Å². The number of anilines is 1. The molecule has 6 heteroatoms. The van der Waals surface area contributed by atoms with E-state index in [2.05, 4.69) is 5.32 Å². The number of hydrogen-bond acceptors (Lipinski definition) is 4. The molecule has 0 heterocycles. The first-order valence-corrected chi connectivity index (χ1v) is 8.65. The van der Waals surface area contributed by atoms with Gasteiger partial charge in [0.1, 0.15) is 19.0 Å². The van der Waals surface area contributed by atoms with Crippen LogP contribution in [0.3, 0.4) is 0 Å². The molecule has 0 fully saturated rings. The van der Waals surface area contributed by atoms with Gasteiger partial charge in [0.25, 0.3) is 0 Å². The van der Waals surface area contributed by atoms with Crippen LogP contribution in [-0.4, -0.2) is 25.6 Å². The van der Waals surface area contributed by atoms with E-state index in [0.717, 1.165) is 10.5 Å². The van der Waals surface area contributed by atoms with E-state index < -0.39 is 6.09 Å². The maximum absolute atomic E-state index is 11.7. The van der Waals surface area contributed by atoms with Gasteiger partial charge < -0.3 is 9.47 Å². The van der Waals surface area contributed by atoms with Crippen LogP contribution in [0.25, 0.3) is 0 Å². The van der Waals surface area contributed by atoms with Crippen LogP contribution in [0, 0.1) is 6.92 Å². The molecule has 0 atom stereocenters. The lowest BCUT2D eigenvalue weighted by Gasteiger charge is -2.10. The average molecular weight is 352 g/mol. The van der Waals surface area contributed by atoms with E-state index in [9.17, 15) is 4.79 Å². The molecule has 0 aliphatic rings. The maximum atomic E-state index is 11.7. The van der Waals surface area contributed by atoms with Crippen molar-refractivity contribution < 1.29 is 14.3 Å². The lowest BCUT2D eigenvalue weighted by Crippen LogP contribution is -2.17. The van der Waals surface area contributed by atoms with Gasteiger partial charge in [0.05, 0.1) is 0 Å². The third kappa shape index (κ3) is 5.69. The summed E-state index contributed by atoms with van der Waals surface area (Å²) in [5, 5.41) is 3.38. The number of amides is 1. The zero-order valence-electron chi connectivity index (χ0n) is 13.0. The Morgan fingerprint density at radius 2 is 2.04 bits per heavy atom. The second-order valence-corrected chi connectivity index (χ2v) is 6.04. The van der Waals surface area contributed by atoms with Gasteiger partial charge in [0.2, 0.25) is 0 Å². The first-order chi connectivity index (χ1) is 11.1. The van der Waals surface area contributed by atoms with Crippen molar-refractivity contribution in [3.63, 3.8) is 0 Å². The molecule has 0 aromatic heterocycles. The third-order valence-corrected chi connectivity index (χ3v) is 4.18. The Morgan fingerprint density at radius 1 is 1.22 bits per heavy atom. The number of thioether (sulfide) groups is 1. The van der Waals surface area contributed by atoms with Crippen LogP contribution >= 0.6 is 23.4 Å². The molecular weight excluding hydrogens is 334 g/mol. The highest BCUT2D eigenvalue weighted by molar-refractivity contribution is 7.98. The summed E-state index contributed by atoms with van der Waals surface area (Å²) in [5.41, 5.74) is 1.65. The minimum absolute atomic E-state index is 0.162. The number of ether oxygens (including phenoxy) is 2. The molecule has 2 rings (SSSR count). The number of benzene rings is 2. The van der Waals surface area contributed by atoms with Gasteiger partial charge in [-0.05, 0) is 55.1 Å². The summed E-state index contributed by atoms with van der Waals surface area (Å²) in [6, 6.07) is 13.0. The molecule has 0 saturated carbocycles. The van der Waals surface area contributed by atoms with Gasteiger partial charge in [-0.15, -0.1) is 11.8 Å². The molecule has 0 aliphatic heterocycles. The highest BCUT2D eigenvalue weighted by Crippen LogP contribution is 2.21. The first kappa shape index (κ1) is 17.5. The van der Waals surface area contributed by atoms with Crippen molar-refractivity contribution in [2.75, 3.05) is 24.8 Å². The van der Waals surface area contributed by atoms with Crippen molar-refractivity contribution in [2.45, 2.75) is 11.8 Å². The van der Waals surface area contributed by atoms with E-state index >= 15 is 0 Å². The molecule has 4 nitrogen and oxygen atoms in total. The molecule has 0 saturated heterocycles.